The molecule has 1 heterocycles. The van der Waals surface area contributed by atoms with Crippen LogP contribution in [0.25, 0.3) is 0 Å². The largest absolute Gasteiger partial charge is 0.396 e. The van der Waals surface area contributed by atoms with Crippen molar-refractivity contribution >= 4 is 35.6 Å². The Hall–Kier alpha value is -1.06. The Bertz CT molecular complexity index is 640. The maximum absolute atomic E-state index is 9.32. The lowest BCUT2D eigenvalue weighted by Gasteiger charge is -2.32. The van der Waals surface area contributed by atoms with Gasteiger partial charge in [-0.2, -0.15) is 0 Å². The van der Waals surface area contributed by atoms with Gasteiger partial charge in [0.15, 0.2) is 5.96 Å². The van der Waals surface area contributed by atoms with Crippen molar-refractivity contribution in [3.8, 4) is 0 Å². The summed E-state index contributed by atoms with van der Waals surface area (Å²) in [5, 5.41) is 16.0. The smallest absolute Gasteiger partial charge is 0.191 e. The third-order valence-corrected chi connectivity index (χ3v) is 6.49. The number of rotatable bonds is 9. The van der Waals surface area contributed by atoms with Crippen LogP contribution in [-0.4, -0.2) is 56.6 Å². The maximum Gasteiger partial charge on any atom is 0.191 e. The number of aliphatic imine (C=N–C) groups is 1. The van der Waals surface area contributed by atoms with Gasteiger partial charge in [0.25, 0.3) is 0 Å². The molecule has 1 aromatic carbocycles. The second-order valence-corrected chi connectivity index (χ2v) is 8.89. The molecule has 3 rings (SSSR count). The van der Waals surface area contributed by atoms with E-state index in [0.29, 0.717) is 25.2 Å². The van der Waals surface area contributed by atoms with Crippen LogP contribution in [0.3, 0.4) is 0 Å². The molecule has 0 spiro atoms. The Morgan fingerprint density at radius 3 is 2.34 bits per heavy atom. The van der Waals surface area contributed by atoms with Crippen molar-refractivity contribution in [2.24, 2.45) is 10.9 Å². The van der Waals surface area contributed by atoms with Gasteiger partial charge in [0, 0.05) is 38.5 Å². The minimum atomic E-state index is 0. The van der Waals surface area contributed by atoms with E-state index in [9.17, 15) is 5.11 Å². The van der Waals surface area contributed by atoms with Crippen molar-refractivity contribution < 1.29 is 9.84 Å². The summed E-state index contributed by atoms with van der Waals surface area (Å²) in [5.74, 6) is 1.32. The van der Waals surface area contributed by atoms with Crippen LogP contribution < -0.4 is 15.5 Å². The Kier molecular flexibility index (Phi) is 13.4. The summed E-state index contributed by atoms with van der Waals surface area (Å²) in [5.41, 5.74) is 2.48. The van der Waals surface area contributed by atoms with Crippen LogP contribution in [-0.2, 0) is 11.3 Å². The van der Waals surface area contributed by atoms with E-state index in [-0.39, 0.29) is 24.0 Å². The van der Waals surface area contributed by atoms with Gasteiger partial charge in [0.1, 0.15) is 0 Å². The average Bonchev–Trinajstić information content (AvgIpc) is 3.09. The molecule has 0 aromatic heterocycles. The first-order valence-corrected chi connectivity index (χ1v) is 12.4. The predicted octanol–water partition coefficient (Wildman–Crippen LogP) is 4.31. The third kappa shape index (κ3) is 9.43. The van der Waals surface area contributed by atoms with Crippen LogP contribution in [0, 0.1) is 5.92 Å². The van der Waals surface area contributed by atoms with Crippen LogP contribution >= 0.6 is 24.0 Å². The average molecular weight is 559 g/mol. The van der Waals surface area contributed by atoms with Crippen LogP contribution in [0.1, 0.15) is 63.9 Å². The van der Waals surface area contributed by atoms with Gasteiger partial charge in [0.05, 0.1) is 19.3 Å². The highest BCUT2D eigenvalue weighted by Gasteiger charge is 2.18. The number of hydrogen-bond donors (Lipinski definition) is 3. The van der Waals surface area contributed by atoms with Gasteiger partial charge in [-0.1, -0.05) is 37.8 Å². The van der Waals surface area contributed by atoms with Gasteiger partial charge >= 0.3 is 0 Å². The van der Waals surface area contributed by atoms with Crippen molar-refractivity contribution in [1.82, 2.24) is 10.6 Å². The summed E-state index contributed by atoms with van der Waals surface area (Å²) in [4.78, 5) is 7.16. The van der Waals surface area contributed by atoms with Gasteiger partial charge in [-0.05, 0) is 56.2 Å². The number of halogens is 1. The topological polar surface area (TPSA) is 69.1 Å². The number of guanidine groups is 1. The summed E-state index contributed by atoms with van der Waals surface area (Å²) < 4.78 is 6.08. The summed E-state index contributed by atoms with van der Waals surface area (Å²) in [6.07, 6.45) is 10.3. The Morgan fingerprint density at radius 2 is 1.72 bits per heavy atom. The zero-order valence-electron chi connectivity index (χ0n) is 19.7. The monoisotopic (exact) mass is 558 g/mol. The van der Waals surface area contributed by atoms with E-state index in [1.165, 1.54) is 49.8 Å². The minimum absolute atomic E-state index is 0. The number of benzene rings is 1. The van der Waals surface area contributed by atoms with Gasteiger partial charge in [-0.3, -0.25) is 0 Å². The predicted molar refractivity (Wildman–Crippen MR) is 144 cm³/mol. The molecule has 0 unspecified atom stereocenters. The quantitative estimate of drug-likeness (QED) is 0.139. The molecule has 0 bridgehead atoms. The summed E-state index contributed by atoms with van der Waals surface area (Å²) in [6.45, 7) is 7.49. The van der Waals surface area contributed by atoms with E-state index in [1.807, 2.05) is 0 Å². The van der Waals surface area contributed by atoms with Crippen LogP contribution in [0.5, 0.6) is 0 Å². The highest BCUT2D eigenvalue weighted by atomic mass is 127. The standard InChI is InChI=1S/C25H42N4O2.HI/c1-2-26-25(27-15-18-31-24-7-5-3-4-6-8-24)28-19-21-9-11-23(12-10-21)29-16-13-22(20-30)14-17-29;/h9-12,22,24,30H,2-8,13-20H2,1H3,(H2,26,27,28);1H. The van der Waals surface area contributed by atoms with Crippen LogP contribution in [0.4, 0.5) is 5.69 Å². The highest BCUT2D eigenvalue weighted by molar-refractivity contribution is 14.0. The molecule has 2 fully saturated rings. The fraction of sp³-hybridized carbons (Fsp3) is 0.720. The molecule has 0 radical (unpaired) electrons. The lowest BCUT2D eigenvalue weighted by atomic mass is 9.97. The molecule has 1 saturated heterocycles. The molecular formula is C25H43IN4O2. The van der Waals surface area contributed by atoms with Crippen molar-refractivity contribution in [3.05, 3.63) is 29.8 Å². The van der Waals surface area contributed by atoms with E-state index in [0.717, 1.165) is 51.6 Å². The van der Waals surface area contributed by atoms with E-state index < -0.39 is 0 Å². The Morgan fingerprint density at radius 1 is 1.03 bits per heavy atom. The first-order chi connectivity index (χ1) is 15.3. The van der Waals surface area contributed by atoms with Crippen molar-refractivity contribution in [1.29, 1.82) is 0 Å². The van der Waals surface area contributed by atoms with E-state index in [2.05, 4.69) is 46.7 Å². The third-order valence-electron chi connectivity index (χ3n) is 6.49. The number of ether oxygens (including phenoxy) is 1. The molecule has 1 aliphatic heterocycles. The molecule has 6 nitrogen and oxygen atoms in total. The fourth-order valence-electron chi connectivity index (χ4n) is 4.50. The first kappa shape index (κ1) is 27.2. The fourth-order valence-corrected chi connectivity index (χ4v) is 4.50. The van der Waals surface area contributed by atoms with Crippen molar-refractivity contribution in [2.75, 3.05) is 44.3 Å². The number of piperidine rings is 1. The molecule has 3 N–H and O–H groups in total. The zero-order valence-corrected chi connectivity index (χ0v) is 22.1. The Labute approximate surface area is 211 Å². The summed E-state index contributed by atoms with van der Waals surface area (Å²) in [7, 11) is 0. The second-order valence-electron chi connectivity index (χ2n) is 8.89. The molecular weight excluding hydrogens is 515 g/mol. The minimum Gasteiger partial charge on any atom is -0.396 e. The number of aliphatic hydroxyl groups is 1. The van der Waals surface area contributed by atoms with Gasteiger partial charge in [-0.25, -0.2) is 4.99 Å². The molecule has 32 heavy (non-hydrogen) atoms. The van der Waals surface area contributed by atoms with Crippen LogP contribution in [0.2, 0.25) is 0 Å². The van der Waals surface area contributed by atoms with E-state index in [4.69, 9.17) is 9.73 Å². The zero-order chi connectivity index (χ0) is 21.7. The van der Waals surface area contributed by atoms with E-state index >= 15 is 0 Å². The van der Waals surface area contributed by atoms with E-state index in [1.54, 1.807) is 0 Å². The van der Waals surface area contributed by atoms with Gasteiger partial charge < -0.3 is 25.4 Å². The molecule has 1 aromatic rings. The molecule has 0 atom stereocenters. The first-order valence-electron chi connectivity index (χ1n) is 12.4. The SMILES string of the molecule is CCNC(=NCc1ccc(N2CCC(CO)CC2)cc1)NCCOC1CCCCCC1.I. The molecule has 2 aliphatic rings. The second kappa shape index (κ2) is 15.7. The van der Waals surface area contributed by atoms with Crippen molar-refractivity contribution in [3.63, 3.8) is 0 Å². The normalized spacial score (nSPS) is 18.7. The molecule has 182 valence electrons. The highest BCUT2D eigenvalue weighted by Crippen LogP contribution is 2.23. The molecule has 1 saturated carbocycles. The summed E-state index contributed by atoms with van der Waals surface area (Å²) >= 11 is 0. The number of aliphatic hydroxyl groups excluding tert-OH is 1. The lowest BCUT2D eigenvalue weighted by Crippen LogP contribution is -2.39. The maximum atomic E-state index is 9.32. The number of nitrogens with one attached hydrogen (secondary N) is 2. The number of nitrogens with zero attached hydrogens (tertiary/aromatic N) is 2. The summed E-state index contributed by atoms with van der Waals surface area (Å²) in [6, 6.07) is 8.75. The number of hydrogen-bond acceptors (Lipinski definition) is 4. The molecule has 1 aliphatic carbocycles. The lowest BCUT2D eigenvalue weighted by molar-refractivity contribution is 0.0468. The van der Waals surface area contributed by atoms with Crippen LogP contribution in [0.15, 0.2) is 29.3 Å². The van der Waals surface area contributed by atoms with Gasteiger partial charge in [-0.15, -0.1) is 24.0 Å². The Balaban J connectivity index is 0.00000363. The van der Waals surface area contributed by atoms with Crippen molar-refractivity contribution in [2.45, 2.75) is 70.9 Å². The molecule has 0 amide bonds. The van der Waals surface area contributed by atoms with Gasteiger partial charge in [0.2, 0.25) is 0 Å². The molecule has 7 heteroatoms. The number of anilines is 1.